The first kappa shape index (κ1) is 40.4. The fraction of sp³-hybridized carbons (Fsp3) is 0.200. The fourth-order valence-electron chi connectivity index (χ4n) is 10.7. The van der Waals surface area contributed by atoms with Crippen LogP contribution in [-0.2, 0) is 36.8 Å². The van der Waals surface area contributed by atoms with Gasteiger partial charge in [0.1, 0.15) is 23.0 Å². The monoisotopic (exact) mass is 886 g/mol. The van der Waals surface area contributed by atoms with Crippen LogP contribution >= 0.6 is 0 Å². The SMILES string of the molecule is CC(C)(C)c1cc2c(Oc3ccc4ccc5cccc6ccc3c4c56)c(c1)Cc1cn(nn1)Cc1cc(C(C)(C)C)cc(c1Oc1ccc3ccc4cccc5ccc1c3c45)Cn1cc(nn1)C2. The molecule has 2 aromatic heterocycles. The molecule has 1 aliphatic rings. The van der Waals surface area contributed by atoms with Crippen LogP contribution in [0.2, 0.25) is 0 Å². The number of rotatable bonds is 4. The summed E-state index contributed by atoms with van der Waals surface area (Å²) in [7, 11) is 0. The van der Waals surface area contributed by atoms with Gasteiger partial charge in [0.2, 0.25) is 0 Å². The lowest BCUT2D eigenvalue weighted by Crippen LogP contribution is -2.15. The van der Waals surface area contributed by atoms with Crippen LogP contribution in [0.5, 0.6) is 23.0 Å². The molecular formula is C60H50N6O2. The van der Waals surface area contributed by atoms with E-state index in [0.717, 1.165) is 67.4 Å². The Hall–Kier alpha value is -7.84. The molecule has 8 heteroatoms. The van der Waals surface area contributed by atoms with E-state index in [2.05, 4.69) is 187 Å². The average molecular weight is 887 g/mol. The molecule has 8 bridgehead atoms. The Morgan fingerprint density at radius 1 is 0.412 bits per heavy atom. The van der Waals surface area contributed by atoms with E-state index in [-0.39, 0.29) is 10.8 Å². The van der Waals surface area contributed by atoms with Gasteiger partial charge in [0.25, 0.3) is 0 Å². The molecule has 0 spiro atoms. The molecule has 10 aromatic carbocycles. The lowest BCUT2D eigenvalue weighted by molar-refractivity contribution is 0.463. The van der Waals surface area contributed by atoms with E-state index in [1.165, 1.54) is 65.0 Å². The Labute approximate surface area is 394 Å². The minimum atomic E-state index is -0.143. The smallest absolute Gasteiger partial charge is 0.137 e. The summed E-state index contributed by atoms with van der Waals surface area (Å²) in [5, 5.41) is 33.7. The molecule has 0 N–H and O–H groups in total. The molecule has 332 valence electrons. The average Bonchev–Trinajstić information content (AvgIpc) is 3.97. The summed E-state index contributed by atoms with van der Waals surface area (Å²) in [4.78, 5) is 0. The molecule has 0 radical (unpaired) electrons. The Morgan fingerprint density at radius 2 is 0.765 bits per heavy atom. The molecular weight excluding hydrogens is 837 g/mol. The highest BCUT2D eigenvalue weighted by atomic mass is 16.5. The van der Waals surface area contributed by atoms with E-state index in [1.54, 1.807) is 0 Å². The van der Waals surface area contributed by atoms with Gasteiger partial charge in [-0.2, -0.15) is 0 Å². The maximum atomic E-state index is 7.30. The molecule has 0 aliphatic carbocycles. The Bertz CT molecular complexity index is 3590. The van der Waals surface area contributed by atoms with Crippen molar-refractivity contribution in [2.45, 2.75) is 78.3 Å². The van der Waals surface area contributed by atoms with Gasteiger partial charge in [-0.15, -0.1) is 10.2 Å². The summed E-state index contributed by atoms with van der Waals surface area (Å²) in [5.74, 6) is 3.22. The van der Waals surface area contributed by atoms with Gasteiger partial charge in [-0.1, -0.05) is 149 Å². The first-order valence-corrected chi connectivity index (χ1v) is 23.7. The topological polar surface area (TPSA) is 79.9 Å². The third kappa shape index (κ3) is 6.72. The van der Waals surface area contributed by atoms with E-state index in [1.807, 2.05) is 9.36 Å². The molecule has 12 aromatic rings. The van der Waals surface area contributed by atoms with Crippen LogP contribution in [0, 0.1) is 0 Å². The lowest BCUT2D eigenvalue weighted by Gasteiger charge is -2.25. The molecule has 0 atom stereocenters. The number of aromatic nitrogens is 6. The lowest BCUT2D eigenvalue weighted by atomic mass is 9.83. The predicted octanol–water partition coefficient (Wildman–Crippen LogP) is 14.4. The van der Waals surface area contributed by atoms with Crippen molar-refractivity contribution in [2.24, 2.45) is 0 Å². The first-order valence-electron chi connectivity index (χ1n) is 23.7. The molecule has 1 aliphatic heterocycles. The first-order chi connectivity index (χ1) is 32.9. The zero-order chi connectivity index (χ0) is 46.1. The van der Waals surface area contributed by atoms with Gasteiger partial charge in [0.15, 0.2) is 0 Å². The van der Waals surface area contributed by atoms with Crippen LogP contribution in [0.15, 0.2) is 146 Å². The number of benzene rings is 10. The van der Waals surface area contributed by atoms with Crippen LogP contribution in [0.25, 0.3) is 64.6 Å². The van der Waals surface area contributed by atoms with E-state index in [9.17, 15) is 0 Å². The standard InChI is InChI=1S/C60H50N6O2/c1-59(2,3)45-25-41-29-47-33-65(63-61-47)31-43-27-46(60(4,5)6)28-44(58(43)68-52-24-20-40-16-14-36-10-8-12-38-18-22-50(52)56(40)54(36)38)32-66-34-48(62-64-66)30-42(26-45)57(41)67-51-23-19-39-15-13-35-9-7-11-37-17-21-49(51)55(39)53(35)37/h7-28,33-34H,29-32H2,1-6H3. The number of ether oxygens (including phenoxy) is 2. The normalized spacial score (nSPS) is 13.5. The van der Waals surface area contributed by atoms with Crippen molar-refractivity contribution >= 4 is 64.6 Å². The number of nitrogens with zero attached hydrogens (tertiary/aromatic N) is 6. The van der Waals surface area contributed by atoms with Crippen molar-refractivity contribution in [3.05, 3.63) is 191 Å². The van der Waals surface area contributed by atoms with Crippen molar-refractivity contribution in [1.29, 1.82) is 0 Å². The van der Waals surface area contributed by atoms with Crippen molar-refractivity contribution < 1.29 is 9.47 Å². The van der Waals surface area contributed by atoms with Crippen molar-refractivity contribution in [1.82, 2.24) is 30.0 Å². The van der Waals surface area contributed by atoms with Crippen molar-refractivity contribution in [3.63, 3.8) is 0 Å². The van der Waals surface area contributed by atoms with Gasteiger partial charge in [-0.3, -0.25) is 0 Å². The predicted molar refractivity (Wildman–Crippen MR) is 275 cm³/mol. The quantitative estimate of drug-likeness (QED) is 0.164. The molecule has 13 rings (SSSR count). The highest BCUT2D eigenvalue weighted by Crippen LogP contribution is 2.45. The second-order valence-corrected chi connectivity index (χ2v) is 21.0. The summed E-state index contributed by atoms with van der Waals surface area (Å²) >= 11 is 0. The Kier molecular flexibility index (Phi) is 8.82. The van der Waals surface area contributed by atoms with E-state index in [4.69, 9.17) is 30.1 Å². The van der Waals surface area contributed by atoms with Crippen molar-refractivity contribution in [3.8, 4) is 23.0 Å². The maximum Gasteiger partial charge on any atom is 0.137 e. The molecule has 0 amide bonds. The van der Waals surface area contributed by atoms with Crippen LogP contribution in [0.3, 0.4) is 0 Å². The third-order valence-corrected chi connectivity index (χ3v) is 14.2. The molecule has 68 heavy (non-hydrogen) atoms. The third-order valence-electron chi connectivity index (χ3n) is 14.2. The number of fused-ring (bicyclic) bond motifs is 8. The van der Waals surface area contributed by atoms with E-state index in [0.29, 0.717) is 25.9 Å². The zero-order valence-electron chi connectivity index (χ0n) is 39.2. The molecule has 3 heterocycles. The van der Waals surface area contributed by atoms with E-state index >= 15 is 0 Å². The molecule has 8 nitrogen and oxygen atoms in total. The summed E-state index contributed by atoms with van der Waals surface area (Å²) in [6.45, 7) is 14.5. The number of hydrogen-bond donors (Lipinski definition) is 0. The number of hydrogen-bond acceptors (Lipinski definition) is 6. The summed E-state index contributed by atoms with van der Waals surface area (Å²) in [5.41, 5.74) is 7.94. The van der Waals surface area contributed by atoms with Crippen LogP contribution < -0.4 is 9.47 Å². The second kappa shape index (κ2) is 14.8. The van der Waals surface area contributed by atoms with Gasteiger partial charge in [0, 0.05) is 69.0 Å². The minimum absolute atomic E-state index is 0.135. The largest absolute Gasteiger partial charge is 0.456 e. The Balaban J connectivity index is 0.964. The highest BCUT2D eigenvalue weighted by Gasteiger charge is 2.26. The van der Waals surface area contributed by atoms with Gasteiger partial charge >= 0.3 is 0 Å². The summed E-state index contributed by atoms with van der Waals surface area (Å²) in [6.07, 6.45) is 5.20. The van der Waals surface area contributed by atoms with Crippen LogP contribution in [-0.4, -0.2) is 30.0 Å². The second-order valence-electron chi connectivity index (χ2n) is 21.0. The van der Waals surface area contributed by atoms with E-state index < -0.39 is 0 Å². The highest BCUT2D eigenvalue weighted by molar-refractivity contribution is 6.25. The van der Waals surface area contributed by atoms with Gasteiger partial charge < -0.3 is 9.47 Å². The van der Waals surface area contributed by atoms with Crippen LogP contribution in [0.4, 0.5) is 0 Å². The zero-order valence-corrected chi connectivity index (χ0v) is 39.2. The molecule has 0 fully saturated rings. The summed E-state index contributed by atoms with van der Waals surface area (Å²) in [6, 6.07) is 48.5. The molecule has 0 saturated carbocycles. The fourth-order valence-corrected chi connectivity index (χ4v) is 10.7. The minimum Gasteiger partial charge on any atom is -0.456 e. The van der Waals surface area contributed by atoms with Gasteiger partial charge in [-0.25, -0.2) is 9.36 Å². The van der Waals surface area contributed by atoms with Gasteiger partial charge in [-0.05, 0) is 101 Å². The van der Waals surface area contributed by atoms with Gasteiger partial charge in [0.05, 0.1) is 24.5 Å². The summed E-state index contributed by atoms with van der Waals surface area (Å²) < 4.78 is 18.5. The molecule has 0 saturated heterocycles. The molecule has 0 unspecified atom stereocenters. The van der Waals surface area contributed by atoms with Crippen molar-refractivity contribution in [2.75, 3.05) is 0 Å². The Morgan fingerprint density at radius 3 is 1.18 bits per heavy atom. The van der Waals surface area contributed by atoms with Crippen LogP contribution in [0.1, 0.15) is 86.3 Å². The maximum absolute atomic E-state index is 7.30.